The van der Waals surface area contributed by atoms with Gasteiger partial charge in [-0.3, -0.25) is 4.79 Å². The van der Waals surface area contributed by atoms with Gasteiger partial charge in [-0.05, 0) is 67.2 Å². The molecule has 4 rings (SSSR count). The van der Waals surface area contributed by atoms with Crippen LogP contribution in [0.2, 0.25) is 0 Å². The zero-order valence-electron chi connectivity index (χ0n) is 15.2. The third-order valence-electron chi connectivity index (χ3n) is 5.17. The molecule has 1 saturated heterocycles. The number of H-pyrrole nitrogens is 1. The number of nitrogens with two attached hydrogens (primary N) is 1. The predicted octanol–water partition coefficient (Wildman–Crippen LogP) is 3.59. The van der Waals surface area contributed by atoms with Gasteiger partial charge in [0.1, 0.15) is 24.0 Å². The van der Waals surface area contributed by atoms with Crippen molar-refractivity contribution in [3.8, 4) is 5.75 Å². The molecular formula is C21H21F2N3O2. The molecule has 1 aromatic heterocycles. The highest BCUT2D eigenvalue weighted by Crippen LogP contribution is 2.35. The molecule has 3 aromatic rings. The number of amides is 1. The average molecular weight is 385 g/mol. The van der Waals surface area contributed by atoms with E-state index in [9.17, 15) is 13.6 Å². The summed E-state index contributed by atoms with van der Waals surface area (Å²) in [7, 11) is 0. The molecular weight excluding hydrogens is 364 g/mol. The Morgan fingerprint density at radius 3 is 2.50 bits per heavy atom. The van der Waals surface area contributed by atoms with Crippen molar-refractivity contribution in [1.29, 1.82) is 0 Å². The van der Waals surface area contributed by atoms with Crippen LogP contribution in [0.4, 0.5) is 8.78 Å². The standard InChI is InChI=1S/C21H21F2N3O2/c22-14-5-12(6-15(23)7-14)11-28-16-8-17-19(13-1-3-25-4-2-13)10-26-20(17)18(9-16)21(24)27/h5-10,13,25-26H,1-4,11H2,(H2,24,27). The number of benzene rings is 2. The predicted molar refractivity (Wildman–Crippen MR) is 102 cm³/mol. The normalized spacial score (nSPS) is 15.1. The average Bonchev–Trinajstić information content (AvgIpc) is 3.09. The van der Waals surface area contributed by atoms with Crippen LogP contribution in [-0.2, 0) is 6.61 Å². The number of fused-ring (bicyclic) bond motifs is 1. The van der Waals surface area contributed by atoms with Gasteiger partial charge in [-0.2, -0.15) is 0 Å². The van der Waals surface area contributed by atoms with E-state index in [0.29, 0.717) is 28.3 Å². The van der Waals surface area contributed by atoms with Crippen molar-refractivity contribution in [2.24, 2.45) is 5.73 Å². The zero-order valence-corrected chi connectivity index (χ0v) is 15.2. The molecule has 1 amide bonds. The van der Waals surface area contributed by atoms with Gasteiger partial charge in [0.25, 0.3) is 5.91 Å². The fourth-order valence-electron chi connectivity index (χ4n) is 3.84. The molecule has 0 saturated carbocycles. The summed E-state index contributed by atoms with van der Waals surface area (Å²) in [4.78, 5) is 15.1. The van der Waals surface area contributed by atoms with Crippen molar-refractivity contribution in [1.82, 2.24) is 10.3 Å². The Labute approximate surface area is 160 Å². The van der Waals surface area contributed by atoms with Gasteiger partial charge in [0.15, 0.2) is 0 Å². The lowest BCUT2D eigenvalue weighted by atomic mass is 9.89. The van der Waals surface area contributed by atoms with Gasteiger partial charge in [-0.15, -0.1) is 0 Å². The second-order valence-corrected chi connectivity index (χ2v) is 7.09. The van der Waals surface area contributed by atoms with E-state index >= 15 is 0 Å². The summed E-state index contributed by atoms with van der Waals surface area (Å²) in [5.74, 6) is -1.08. The first kappa shape index (κ1) is 18.4. The molecule has 28 heavy (non-hydrogen) atoms. The Balaban J connectivity index is 1.68. The Bertz CT molecular complexity index is 1010. The fraction of sp³-hybridized carbons (Fsp3) is 0.286. The van der Waals surface area contributed by atoms with Crippen LogP contribution in [0, 0.1) is 11.6 Å². The van der Waals surface area contributed by atoms with Crippen molar-refractivity contribution in [3.05, 3.63) is 64.9 Å². The Kier molecular flexibility index (Phi) is 5.00. The quantitative estimate of drug-likeness (QED) is 0.628. The van der Waals surface area contributed by atoms with E-state index in [2.05, 4.69) is 10.3 Å². The van der Waals surface area contributed by atoms with E-state index in [1.54, 1.807) is 6.07 Å². The van der Waals surface area contributed by atoms with Crippen LogP contribution in [0.15, 0.2) is 36.5 Å². The molecule has 7 heteroatoms. The summed E-state index contributed by atoms with van der Waals surface area (Å²) in [6, 6.07) is 6.65. The van der Waals surface area contributed by atoms with E-state index in [1.165, 1.54) is 12.1 Å². The first-order valence-corrected chi connectivity index (χ1v) is 9.24. The van der Waals surface area contributed by atoms with Crippen LogP contribution in [-0.4, -0.2) is 24.0 Å². The monoisotopic (exact) mass is 385 g/mol. The van der Waals surface area contributed by atoms with Crippen LogP contribution in [0.3, 0.4) is 0 Å². The smallest absolute Gasteiger partial charge is 0.250 e. The Morgan fingerprint density at radius 2 is 1.82 bits per heavy atom. The summed E-state index contributed by atoms with van der Waals surface area (Å²) in [5, 5.41) is 4.24. The summed E-state index contributed by atoms with van der Waals surface area (Å²) >= 11 is 0. The van der Waals surface area contributed by atoms with Crippen LogP contribution in [0.5, 0.6) is 5.75 Å². The van der Waals surface area contributed by atoms with Gasteiger partial charge in [0.2, 0.25) is 0 Å². The molecule has 4 N–H and O–H groups in total. The number of carbonyl (C=O) groups is 1. The molecule has 0 unspecified atom stereocenters. The number of halogens is 2. The van der Waals surface area contributed by atoms with Gasteiger partial charge in [-0.25, -0.2) is 8.78 Å². The maximum Gasteiger partial charge on any atom is 0.250 e. The summed E-state index contributed by atoms with van der Waals surface area (Å²) in [6.45, 7) is 1.87. The van der Waals surface area contributed by atoms with Crippen molar-refractivity contribution >= 4 is 16.8 Å². The Hall–Kier alpha value is -2.93. The van der Waals surface area contributed by atoms with Crippen molar-refractivity contribution in [2.75, 3.05) is 13.1 Å². The lowest BCUT2D eigenvalue weighted by Gasteiger charge is -2.22. The number of ether oxygens (including phenoxy) is 1. The van der Waals surface area contributed by atoms with E-state index < -0.39 is 17.5 Å². The van der Waals surface area contributed by atoms with Gasteiger partial charge in [0, 0.05) is 17.6 Å². The van der Waals surface area contributed by atoms with Gasteiger partial charge in [-0.1, -0.05) is 0 Å². The minimum Gasteiger partial charge on any atom is -0.489 e. The van der Waals surface area contributed by atoms with Crippen molar-refractivity contribution in [3.63, 3.8) is 0 Å². The number of nitrogens with one attached hydrogen (secondary N) is 2. The third kappa shape index (κ3) is 3.71. The number of aromatic nitrogens is 1. The molecule has 1 fully saturated rings. The zero-order chi connectivity index (χ0) is 19.7. The van der Waals surface area contributed by atoms with Crippen LogP contribution in [0.25, 0.3) is 10.9 Å². The lowest BCUT2D eigenvalue weighted by Crippen LogP contribution is -2.26. The molecule has 0 atom stereocenters. The van der Waals surface area contributed by atoms with E-state index in [4.69, 9.17) is 10.5 Å². The second-order valence-electron chi connectivity index (χ2n) is 7.09. The number of aromatic amines is 1. The number of rotatable bonds is 5. The summed E-state index contributed by atoms with van der Waals surface area (Å²) < 4.78 is 32.5. The molecule has 1 aliphatic heterocycles. The lowest BCUT2D eigenvalue weighted by molar-refractivity contribution is 0.100. The first-order chi connectivity index (χ1) is 13.5. The first-order valence-electron chi connectivity index (χ1n) is 9.24. The van der Waals surface area contributed by atoms with Gasteiger partial charge >= 0.3 is 0 Å². The molecule has 0 radical (unpaired) electrons. The maximum atomic E-state index is 13.4. The molecule has 0 spiro atoms. The third-order valence-corrected chi connectivity index (χ3v) is 5.17. The van der Waals surface area contributed by atoms with Crippen molar-refractivity contribution < 1.29 is 18.3 Å². The Morgan fingerprint density at radius 1 is 1.11 bits per heavy atom. The number of primary amides is 1. The molecule has 146 valence electrons. The highest BCUT2D eigenvalue weighted by Gasteiger charge is 2.21. The van der Waals surface area contributed by atoms with Crippen LogP contribution >= 0.6 is 0 Å². The number of hydrogen-bond acceptors (Lipinski definition) is 3. The summed E-state index contributed by atoms with van der Waals surface area (Å²) in [6.07, 6.45) is 3.94. The molecule has 0 aliphatic carbocycles. The molecule has 2 aromatic carbocycles. The van der Waals surface area contributed by atoms with Gasteiger partial charge < -0.3 is 20.8 Å². The fourth-order valence-corrected chi connectivity index (χ4v) is 3.84. The van der Waals surface area contributed by atoms with E-state index in [0.717, 1.165) is 42.9 Å². The largest absolute Gasteiger partial charge is 0.489 e. The number of carbonyl (C=O) groups excluding carboxylic acids is 1. The van der Waals surface area contributed by atoms with Crippen LogP contribution < -0.4 is 15.8 Å². The summed E-state index contributed by atoms with van der Waals surface area (Å²) in [5.41, 5.74) is 8.07. The minimum atomic E-state index is -0.661. The highest BCUT2D eigenvalue weighted by molar-refractivity contribution is 6.06. The second kappa shape index (κ2) is 7.59. The van der Waals surface area contributed by atoms with Crippen LogP contribution in [0.1, 0.15) is 40.2 Å². The SMILES string of the molecule is NC(=O)c1cc(OCc2cc(F)cc(F)c2)cc2c(C3CCNCC3)c[nH]c12. The number of hydrogen-bond donors (Lipinski definition) is 3. The number of piperidine rings is 1. The topological polar surface area (TPSA) is 80.1 Å². The van der Waals surface area contributed by atoms with Crippen molar-refractivity contribution in [2.45, 2.75) is 25.4 Å². The molecule has 0 bridgehead atoms. The molecule has 5 nitrogen and oxygen atoms in total. The highest BCUT2D eigenvalue weighted by atomic mass is 19.1. The maximum absolute atomic E-state index is 13.4. The molecule has 2 heterocycles. The molecule has 1 aliphatic rings. The minimum absolute atomic E-state index is 0.0223. The van der Waals surface area contributed by atoms with E-state index in [-0.39, 0.29) is 6.61 Å². The van der Waals surface area contributed by atoms with Gasteiger partial charge in [0.05, 0.1) is 11.1 Å². The van der Waals surface area contributed by atoms with E-state index in [1.807, 2.05) is 12.3 Å².